The van der Waals surface area contributed by atoms with E-state index < -0.39 is 15.9 Å². The zero-order chi connectivity index (χ0) is 16.9. The van der Waals surface area contributed by atoms with E-state index in [9.17, 15) is 9.59 Å². The maximum Gasteiger partial charge on any atom is 0.241 e. The van der Waals surface area contributed by atoms with Gasteiger partial charge in [-0.3, -0.25) is 9.59 Å². The van der Waals surface area contributed by atoms with Crippen molar-refractivity contribution in [3.63, 3.8) is 0 Å². The summed E-state index contributed by atoms with van der Waals surface area (Å²) < 4.78 is 0. The van der Waals surface area contributed by atoms with Crippen LogP contribution in [0, 0.1) is 0 Å². The topological polar surface area (TPSA) is 34.1 Å². The van der Waals surface area contributed by atoms with Crippen LogP contribution >= 0.6 is 23.2 Å². The van der Waals surface area contributed by atoms with Crippen molar-refractivity contribution in [3.05, 3.63) is 71.8 Å². The second-order valence-corrected chi connectivity index (χ2v) is 6.23. The molecule has 120 valence electrons. The Morgan fingerprint density at radius 1 is 0.913 bits per heavy atom. The first-order valence-corrected chi connectivity index (χ1v) is 8.28. The van der Waals surface area contributed by atoms with Gasteiger partial charge in [-0.2, -0.15) is 0 Å². The van der Waals surface area contributed by atoms with Crippen molar-refractivity contribution in [1.29, 1.82) is 0 Å². The number of halogens is 2. The molecule has 0 amide bonds. The smallest absolute Gasteiger partial charge is 0.241 e. The fraction of sp³-hybridized carbons (Fsp3) is 0.263. The van der Waals surface area contributed by atoms with Crippen molar-refractivity contribution in [1.82, 2.24) is 0 Å². The number of hydrogen-bond acceptors (Lipinski definition) is 2. The standard InChI is InChI=1S/C19H18Cl2O2/c1-2-14(15-9-5-3-6-10-15)13-19(17(20)22,18(21)23)16-11-7-4-8-12-16/h3-12,14H,2,13H2,1H3. The van der Waals surface area contributed by atoms with Gasteiger partial charge in [0.15, 0.2) is 0 Å². The van der Waals surface area contributed by atoms with Gasteiger partial charge in [-0.05, 0) is 53.1 Å². The molecule has 0 radical (unpaired) electrons. The van der Waals surface area contributed by atoms with Crippen molar-refractivity contribution in [2.45, 2.75) is 31.1 Å². The third-order valence-electron chi connectivity index (χ3n) is 4.25. The summed E-state index contributed by atoms with van der Waals surface area (Å²) in [4.78, 5) is 24.5. The molecule has 2 aromatic rings. The highest BCUT2D eigenvalue weighted by atomic mass is 35.5. The second kappa shape index (κ2) is 7.76. The highest BCUT2D eigenvalue weighted by molar-refractivity contribution is 6.76. The van der Waals surface area contributed by atoms with Gasteiger partial charge in [0.1, 0.15) is 5.41 Å². The van der Waals surface area contributed by atoms with Crippen LogP contribution in [0.25, 0.3) is 0 Å². The number of carbonyl (C=O) groups excluding carboxylic acids is 2. The van der Waals surface area contributed by atoms with Gasteiger partial charge in [0.05, 0.1) is 0 Å². The van der Waals surface area contributed by atoms with Gasteiger partial charge < -0.3 is 0 Å². The van der Waals surface area contributed by atoms with Crippen molar-refractivity contribution < 1.29 is 9.59 Å². The largest absolute Gasteiger partial charge is 0.280 e. The van der Waals surface area contributed by atoms with Crippen molar-refractivity contribution in [2.75, 3.05) is 0 Å². The second-order valence-electron chi connectivity index (χ2n) is 5.54. The molecule has 0 saturated heterocycles. The van der Waals surface area contributed by atoms with Crippen molar-refractivity contribution in [3.8, 4) is 0 Å². The molecule has 0 fully saturated rings. The van der Waals surface area contributed by atoms with Gasteiger partial charge in [0.2, 0.25) is 10.5 Å². The minimum absolute atomic E-state index is 0.00167. The average Bonchev–Trinajstić information content (AvgIpc) is 2.57. The van der Waals surface area contributed by atoms with E-state index in [1.54, 1.807) is 24.3 Å². The van der Waals surface area contributed by atoms with Gasteiger partial charge in [-0.25, -0.2) is 0 Å². The minimum atomic E-state index is -1.53. The van der Waals surface area contributed by atoms with Crippen LogP contribution < -0.4 is 0 Å². The Labute approximate surface area is 146 Å². The van der Waals surface area contributed by atoms with Crippen LogP contribution in [0.4, 0.5) is 0 Å². The first-order chi connectivity index (χ1) is 11.0. The summed E-state index contributed by atoms with van der Waals surface area (Å²) in [6, 6.07) is 18.6. The summed E-state index contributed by atoms with van der Waals surface area (Å²) in [6.45, 7) is 2.02. The minimum Gasteiger partial charge on any atom is -0.280 e. The molecule has 0 aliphatic heterocycles. The Bertz CT molecular complexity index is 654. The van der Waals surface area contributed by atoms with Crippen molar-refractivity contribution >= 4 is 33.7 Å². The lowest BCUT2D eigenvalue weighted by Gasteiger charge is -2.30. The first-order valence-electron chi connectivity index (χ1n) is 7.52. The predicted octanol–water partition coefficient (Wildman–Crippen LogP) is 5.04. The van der Waals surface area contributed by atoms with E-state index >= 15 is 0 Å². The molecule has 1 unspecified atom stereocenters. The maximum absolute atomic E-state index is 12.3. The average molecular weight is 349 g/mol. The molecule has 0 aliphatic rings. The molecule has 23 heavy (non-hydrogen) atoms. The molecule has 0 spiro atoms. The third-order valence-corrected chi connectivity index (χ3v) is 4.90. The van der Waals surface area contributed by atoms with Crippen LogP contribution in [0.5, 0.6) is 0 Å². The number of carbonyl (C=O) groups is 2. The Morgan fingerprint density at radius 2 is 1.39 bits per heavy atom. The number of hydrogen-bond donors (Lipinski definition) is 0. The lowest BCUT2D eigenvalue weighted by atomic mass is 9.73. The number of benzene rings is 2. The quantitative estimate of drug-likeness (QED) is 0.518. The van der Waals surface area contributed by atoms with Crippen LogP contribution in [-0.2, 0) is 15.0 Å². The van der Waals surface area contributed by atoms with E-state index in [-0.39, 0.29) is 12.3 Å². The molecule has 2 nitrogen and oxygen atoms in total. The molecule has 0 bridgehead atoms. The highest BCUT2D eigenvalue weighted by Crippen LogP contribution is 2.40. The summed E-state index contributed by atoms with van der Waals surface area (Å²) in [7, 11) is 0. The number of rotatable bonds is 7. The van der Waals surface area contributed by atoms with Gasteiger partial charge in [0, 0.05) is 0 Å². The van der Waals surface area contributed by atoms with E-state index in [1.165, 1.54) is 0 Å². The summed E-state index contributed by atoms with van der Waals surface area (Å²) in [5.74, 6) is 0.00167. The van der Waals surface area contributed by atoms with Gasteiger partial charge in [0.25, 0.3) is 0 Å². The summed E-state index contributed by atoms with van der Waals surface area (Å²) in [5, 5.41) is -1.48. The Hall–Kier alpha value is -1.64. The molecule has 2 aromatic carbocycles. The molecule has 0 aromatic heterocycles. The maximum atomic E-state index is 12.3. The monoisotopic (exact) mass is 348 g/mol. The molecule has 2 rings (SSSR count). The summed E-state index contributed by atoms with van der Waals surface area (Å²) >= 11 is 11.7. The first kappa shape index (κ1) is 17.7. The molecular formula is C19H18Cl2O2. The normalized spacial score (nSPS) is 12.7. The summed E-state index contributed by atoms with van der Waals surface area (Å²) in [5.41, 5.74) is 0.0708. The molecule has 0 saturated carbocycles. The third kappa shape index (κ3) is 3.65. The van der Waals surface area contributed by atoms with E-state index in [2.05, 4.69) is 0 Å². The lowest BCUT2D eigenvalue weighted by Crippen LogP contribution is -2.40. The lowest BCUT2D eigenvalue weighted by molar-refractivity contribution is -0.126. The molecule has 1 atom stereocenters. The zero-order valence-corrected chi connectivity index (χ0v) is 14.3. The van der Waals surface area contributed by atoms with E-state index in [4.69, 9.17) is 23.2 Å². The summed E-state index contributed by atoms with van der Waals surface area (Å²) in [6.07, 6.45) is 1.02. The van der Waals surface area contributed by atoms with Crippen LogP contribution in [-0.4, -0.2) is 10.5 Å². The van der Waals surface area contributed by atoms with E-state index in [0.29, 0.717) is 5.56 Å². The highest BCUT2D eigenvalue weighted by Gasteiger charge is 2.47. The molecule has 0 N–H and O–H groups in total. The van der Waals surface area contributed by atoms with Crippen LogP contribution in [0.3, 0.4) is 0 Å². The van der Waals surface area contributed by atoms with Crippen LogP contribution in [0.2, 0.25) is 0 Å². The molecular weight excluding hydrogens is 331 g/mol. The molecule has 4 heteroatoms. The van der Waals surface area contributed by atoms with Gasteiger partial charge in [-0.1, -0.05) is 67.6 Å². The predicted molar refractivity (Wildman–Crippen MR) is 93.9 cm³/mol. The van der Waals surface area contributed by atoms with Crippen LogP contribution in [0.15, 0.2) is 60.7 Å². The van der Waals surface area contributed by atoms with Crippen molar-refractivity contribution in [2.24, 2.45) is 0 Å². The van der Waals surface area contributed by atoms with Gasteiger partial charge in [-0.15, -0.1) is 0 Å². The Morgan fingerprint density at radius 3 is 1.83 bits per heavy atom. The van der Waals surface area contributed by atoms with E-state index in [0.717, 1.165) is 12.0 Å². The fourth-order valence-electron chi connectivity index (χ4n) is 2.90. The van der Waals surface area contributed by atoms with Crippen LogP contribution in [0.1, 0.15) is 36.8 Å². The zero-order valence-electron chi connectivity index (χ0n) is 12.8. The van der Waals surface area contributed by atoms with E-state index in [1.807, 2.05) is 43.3 Å². The Balaban J connectivity index is 2.50. The molecule has 0 aliphatic carbocycles. The molecule has 0 heterocycles. The fourth-order valence-corrected chi connectivity index (χ4v) is 3.49. The Kier molecular flexibility index (Phi) is 5.97. The SMILES string of the molecule is CCC(CC(C(=O)Cl)(C(=O)Cl)c1ccccc1)c1ccccc1. The van der Waals surface area contributed by atoms with Gasteiger partial charge >= 0.3 is 0 Å².